The molecule has 0 amide bonds. The van der Waals surface area contributed by atoms with Crippen molar-refractivity contribution in [2.45, 2.75) is 25.9 Å². The minimum Gasteiger partial charge on any atom is -0.478 e. The van der Waals surface area contributed by atoms with Gasteiger partial charge in [-0.25, -0.2) is 9.18 Å². The smallest absolute Gasteiger partial charge is 0.338 e. The molecule has 0 saturated heterocycles. The van der Waals surface area contributed by atoms with E-state index in [4.69, 9.17) is 5.11 Å². The summed E-state index contributed by atoms with van der Waals surface area (Å²) in [5.41, 5.74) is 1.93. The van der Waals surface area contributed by atoms with Crippen LogP contribution in [0.2, 0.25) is 0 Å². The van der Waals surface area contributed by atoms with Gasteiger partial charge < -0.3 is 5.11 Å². The van der Waals surface area contributed by atoms with Gasteiger partial charge in [0.05, 0.1) is 5.56 Å². The van der Waals surface area contributed by atoms with Crippen molar-refractivity contribution in [1.29, 1.82) is 0 Å². The SMILES string of the molecule is CC1c2ccsc2CCN1Cc1ccc(F)c(C(=O)O)c1. The predicted octanol–water partition coefficient (Wildman–Crippen LogP) is 3.70. The first-order valence-electron chi connectivity index (χ1n) is 6.88. The average molecular weight is 305 g/mol. The van der Waals surface area contributed by atoms with Gasteiger partial charge in [-0.15, -0.1) is 11.3 Å². The van der Waals surface area contributed by atoms with Gasteiger partial charge in [-0.05, 0) is 48.1 Å². The maximum absolute atomic E-state index is 13.4. The van der Waals surface area contributed by atoms with E-state index in [2.05, 4.69) is 23.3 Å². The van der Waals surface area contributed by atoms with Crippen LogP contribution in [0, 0.1) is 5.82 Å². The van der Waals surface area contributed by atoms with Crippen LogP contribution in [-0.2, 0) is 13.0 Å². The van der Waals surface area contributed by atoms with Gasteiger partial charge in [0.25, 0.3) is 0 Å². The molecular formula is C16H16FNO2S. The number of hydrogen-bond acceptors (Lipinski definition) is 3. The lowest BCUT2D eigenvalue weighted by atomic mass is 10.0. The number of carboxylic acids is 1. The van der Waals surface area contributed by atoms with E-state index in [1.165, 1.54) is 22.6 Å². The predicted molar refractivity (Wildman–Crippen MR) is 80.2 cm³/mol. The number of thiophene rings is 1. The highest BCUT2D eigenvalue weighted by Gasteiger charge is 2.25. The monoisotopic (exact) mass is 305 g/mol. The number of aromatic carboxylic acids is 1. The summed E-state index contributed by atoms with van der Waals surface area (Å²) in [6.07, 6.45) is 1.02. The molecule has 2 aromatic rings. The number of carbonyl (C=O) groups is 1. The van der Waals surface area contributed by atoms with Gasteiger partial charge >= 0.3 is 5.97 Å². The molecule has 0 fully saturated rings. The summed E-state index contributed by atoms with van der Waals surface area (Å²) in [4.78, 5) is 14.7. The molecule has 0 spiro atoms. The molecule has 1 aromatic carbocycles. The minimum atomic E-state index is -1.22. The normalized spacial score (nSPS) is 18.5. The van der Waals surface area contributed by atoms with Crippen molar-refractivity contribution in [3.05, 3.63) is 57.0 Å². The molecule has 0 radical (unpaired) electrons. The van der Waals surface area contributed by atoms with E-state index in [0.29, 0.717) is 12.6 Å². The highest BCUT2D eigenvalue weighted by molar-refractivity contribution is 7.10. The first-order valence-corrected chi connectivity index (χ1v) is 7.76. The summed E-state index contributed by atoms with van der Waals surface area (Å²) in [6.45, 7) is 3.73. The standard InChI is InChI=1S/C16H16FNO2S/c1-10-12-5-7-21-15(12)4-6-18(10)9-11-2-3-14(17)13(8-11)16(19)20/h2-3,5,7-8,10H,4,6,9H2,1H3,(H,19,20). The third-order valence-electron chi connectivity index (χ3n) is 4.05. The second kappa shape index (κ2) is 5.58. The van der Waals surface area contributed by atoms with Crippen LogP contribution in [0.1, 0.15) is 39.3 Å². The molecule has 1 atom stereocenters. The van der Waals surface area contributed by atoms with Crippen LogP contribution in [0.5, 0.6) is 0 Å². The van der Waals surface area contributed by atoms with E-state index >= 15 is 0 Å². The zero-order chi connectivity index (χ0) is 15.0. The van der Waals surface area contributed by atoms with Crippen LogP contribution in [0.4, 0.5) is 4.39 Å². The third-order valence-corrected chi connectivity index (χ3v) is 5.05. The zero-order valence-electron chi connectivity index (χ0n) is 11.7. The summed E-state index contributed by atoms with van der Waals surface area (Å²) in [5.74, 6) is -1.90. The van der Waals surface area contributed by atoms with Crippen LogP contribution >= 0.6 is 11.3 Å². The summed E-state index contributed by atoms with van der Waals surface area (Å²) < 4.78 is 13.4. The Morgan fingerprint density at radius 1 is 1.48 bits per heavy atom. The van der Waals surface area contributed by atoms with Crippen molar-refractivity contribution >= 4 is 17.3 Å². The lowest BCUT2D eigenvalue weighted by Crippen LogP contribution is -2.32. The molecule has 5 heteroatoms. The molecule has 3 rings (SSSR count). The first-order chi connectivity index (χ1) is 10.1. The number of rotatable bonds is 3. The number of halogens is 1. The molecule has 0 saturated carbocycles. The van der Waals surface area contributed by atoms with Gasteiger partial charge in [0, 0.05) is 24.0 Å². The van der Waals surface area contributed by atoms with Crippen molar-refractivity contribution in [2.75, 3.05) is 6.54 Å². The molecular weight excluding hydrogens is 289 g/mol. The highest BCUT2D eigenvalue weighted by atomic mass is 32.1. The quantitative estimate of drug-likeness (QED) is 0.940. The Balaban J connectivity index is 1.82. The van der Waals surface area contributed by atoms with E-state index < -0.39 is 11.8 Å². The van der Waals surface area contributed by atoms with Gasteiger partial charge in [0.1, 0.15) is 5.82 Å². The summed E-state index contributed by atoms with van der Waals surface area (Å²) >= 11 is 1.79. The van der Waals surface area contributed by atoms with Crippen LogP contribution < -0.4 is 0 Å². The molecule has 1 aliphatic heterocycles. The Kier molecular flexibility index (Phi) is 3.78. The lowest BCUT2D eigenvalue weighted by molar-refractivity contribution is 0.0691. The number of nitrogens with zero attached hydrogens (tertiary/aromatic N) is 1. The Bertz CT molecular complexity index is 683. The van der Waals surface area contributed by atoms with Gasteiger partial charge in [-0.3, -0.25) is 4.90 Å². The van der Waals surface area contributed by atoms with Crippen LogP contribution in [-0.4, -0.2) is 22.5 Å². The van der Waals surface area contributed by atoms with E-state index in [1.807, 2.05) is 0 Å². The van der Waals surface area contributed by atoms with E-state index in [1.54, 1.807) is 17.4 Å². The number of hydrogen-bond donors (Lipinski definition) is 1. The lowest BCUT2D eigenvalue weighted by Gasteiger charge is -2.33. The average Bonchev–Trinajstić information content (AvgIpc) is 2.93. The second-order valence-electron chi connectivity index (χ2n) is 5.31. The third kappa shape index (κ3) is 2.71. The summed E-state index contributed by atoms with van der Waals surface area (Å²) in [5, 5.41) is 11.1. The van der Waals surface area contributed by atoms with E-state index in [9.17, 15) is 9.18 Å². The molecule has 1 unspecified atom stereocenters. The largest absolute Gasteiger partial charge is 0.478 e. The molecule has 2 heterocycles. The van der Waals surface area contributed by atoms with Crippen molar-refractivity contribution in [2.24, 2.45) is 0 Å². The van der Waals surface area contributed by atoms with Gasteiger partial charge in [-0.1, -0.05) is 6.07 Å². The molecule has 3 nitrogen and oxygen atoms in total. The van der Waals surface area contributed by atoms with Crippen molar-refractivity contribution in [1.82, 2.24) is 4.90 Å². The fraction of sp³-hybridized carbons (Fsp3) is 0.312. The zero-order valence-corrected chi connectivity index (χ0v) is 12.5. The van der Waals surface area contributed by atoms with Crippen molar-refractivity contribution in [3.63, 3.8) is 0 Å². The van der Waals surface area contributed by atoms with Crippen molar-refractivity contribution < 1.29 is 14.3 Å². The molecule has 1 aliphatic rings. The van der Waals surface area contributed by atoms with Gasteiger partial charge in [0.2, 0.25) is 0 Å². The minimum absolute atomic E-state index is 0.256. The molecule has 1 N–H and O–H groups in total. The number of carboxylic acid groups (broad SMARTS) is 1. The summed E-state index contributed by atoms with van der Waals surface area (Å²) in [7, 11) is 0. The molecule has 0 bridgehead atoms. The first kappa shape index (κ1) is 14.2. The summed E-state index contributed by atoms with van der Waals surface area (Å²) in [6, 6.07) is 6.80. The Labute approximate surface area is 126 Å². The Hall–Kier alpha value is -1.72. The van der Waals surface area contributed by atoms with Crippen LogP contribution in [0.25, 0.3) is 0 Å². The second-order valence-corrected chi connectivity index (χ2v) is 6.32. The molecule has 21 heavy (non-hydrogen) atoms. The van der Waals surface area contributed by atoms with Gasteiger partial charge in [0.15, 0.2) is 0 Å². The number of benzene rings is 1. The van der Waals surface area contributed by atoms with Crippen molar-refractivity contribution in [3.8, 4) is 0 Å². The molecule has 1 aromatic heterocycles. The maximum atomic E-state index is 13.4. The van der Waals surface area contributed by atoms with Crippen LogP contribution in [0.15, 0.2) is 29.6 Å². The fourth-order valence-electron chi connectivity index (χ4n) is 2.85. The van der Waals surface area contributed by atoms with E-state index in [0.717, 1.165) is 18.5 Å². The fourth-order valence-corrected chi connectivity index (χ4v) is 3.81. The van der Waals surface area contributed by atoms with Crippen LogP contribution in [0.3, 0.4) is 0 Å². The molecule has 110 valence electrons. The Morgan fingerprint density at radius 2 is 2.29 bits per heavy atom. The maximum Gasteiger partial charge on any atom is 0.338 e. The van der Waals surface area contributed by atoms with E-state index in [-0.39, 0.29) is 5.56 Å². The molecule has 0 aliphatic carbocycles. The Morgan fingerprint density at radius 3 is 3.05 bits per heavy atom. The highest BCUT2D eigenvalue weighted by Crippen LogP contribution is 2.33. The number of fused-ring (bicyclic) bond motifs is 1. The van der Waals surface area contributed by atoms with Gasteiger partial charge in [-0.2, -0.15) is 0 Å². The topological polar surface area (TPSA) is 40.5 Å².